The smallest absolute Gasteiger partial charge is 0.162 e. The second-order valence-corrected chi connectivity index (χ2v) is 8.43. The first kappa shape index (κ1) is 19.0. The largest absolute Gasteiger partial charge is 0.504 e. The number of aromatic hydroxyl groups is 1. The van der Waals surface area contributed by atoms with Crippen molar-refractivity contribution >= 4 is 21.6 Å². The van der Waals surface area contributed by atoms with Crippen LogP contribution in [-0.4, -0.2) is 35.2 Å². The first-order chi connectivity index (χ1) is 13.7. The number of allylic oxidation sites excluding steroid dienone is 1. The van der Waals surface area contributed by atoms with Crippen molar-refractivity contribution in [3.8, 4) is 11.5 Å². The number of phenols is 1. The molecular weight excluding hydrogens is 368 g/mol. The Kier molecular flexibility index (Phi) is 5.64. The molecule has 2 heterocycles. The van der Waals surface area contributed by atoms with Gasteiger partial charge in [-0.2, -0.15) is 0 Å². The van der Waals surface area contributed by atoms with Crippen LogP contribution in [0, 0.1) is 0 Å². The third-order valence-corrected chi connectivity index (χ3v) is 6.65. The molecule has 146 valence electrons. The van der Waals surface area contributed by atoms with Crippen molar-refractivity contribution in [3.05, 3.63) is 65.2 Å². The molecule has 0 atom stereocenters. The maximum Gasteiger partial charge on any atom is 0.162 e. The molecule has 3 aromatic rings. The molecule has 4 rings (SSSR count). The second-order valence-electron chi connectivity index (χ2n) is 7.37. The predicted octanol–water partition coefficient (Wildman–Crippen LogP) is 5.12. The van der Waals surface area contributed by atoms with Gasteiger partial charge in [0, 0.05) is 18.0 Å². The fourth-order valence-corrected chi connectivity index (χ4v) is 5.07. The molecule has 0 unspecified atom stereocenters. The van der Waals surface area contributed by atoms with Gasteiger partial charge in [-0.15, -0.1) is 17.9 Å². The monoisotopic (exact) mass is 394 g/mol. The van der Waals surface area contributed by atoms with Gasteiger partial charge in [0.15, 0.2) is 11.5 Å². The van der Waals surface area contributed by atoms with Gasteiger partial charge in [-0.05, 0) is 56.1 Å². The highest BCUT2D eigenvalue weighted by molar-refractivity contribution is 7.18. The fraction of sp³-hybridized carbons (Fsp3) is 0.348. The molecule has 1 fully saturated rings. The molecule has 0 spiro atoms. The zero-order chi connectivity index (χ0) is 19.5. The van der Waals surface area contributed by atoms with E-state index in [1.54, 1.807) is 7.11 Å². The summed E-state index contributed by atoms with van der Waals surface area (Å²) in [4.78, 5) is 7.26. The van der Waals surface area contributed by atoms with E-state index in [0.717, 1.165) is 55.5 Å². The van der Waals surface area contributed by atoms with Crippen LogP contribution in [-0.2, 0) is 13.0 Å². The Balaban J connectivity index is 1.44. The van der Waals surface area contributed by atoms with Crippen LogP contribution in [0.15, 0.2) is 49.1 Å². The molecule has 28 heavy (non-hydrogen) atoms. The van der Waals surface area contributed by atoms with Gasteiger partial charge in [-0.25, -0.2) is 4.98 Å². The van der Waals surface area contributed by atoms with Gasteiger partial charge in [0.1, 0.15) is 0 Å². The summed E-state index contributed by atoms with van der Waals surface area (Å²) in [5.74, 6) is 1.33. The van der Waals surface area contributed by atoms with Gasteiger partial charge in [0.2, 0.25) is 0 Å². The van der Waals surface area contributed by atoms with Crippen molar-refractivity contribution < 1.29 is 9.84 Å². The summed E-state index contributed by atoms with van der Waals surface area (Å²) in [7, 11) is 1.60. The highest BCUT2D eigenvalue weighted by atomic mass is 32.1. The van der Waals surface area contributed by atoms with Crippen LogP contribution in [0.5, 0.6) is 11.5 Å². The lowest BCUT2D eigenvalue weighted by Gasteiger charge is -2.31. The maximum absolute atomic E-state index is 10.5. The lowest BCUT2D eigenvalue weighted by molar-refractivity contribution is 0.202. The van der Waals surface area contributed by atoms with Crippen LogP contribution in [0.2, 0.25) is 0 Å². The quantitative estimate of drug-likeness (QED) is 0.590. The van der Waals surface area contributed by atoms with Crippen LogP contribution in [0.4, 0.5) is 0 Å². The van der Waals surface area contributed by atoms with Crippen molar-refractivity contribution in [1.29, 1.82) is 0 Å². The third-order valence-electron chi connectivity index (χ3n) is 5.45. The molecule has 0 saturated carbocycles. The number of aromatic nitrogens is 1. The summed E-state index contributed by atoms with van der Waals surface area (Å²) in [6, 6.07) is 12.3. The Morgan fingerprint density at radius 1 is 1.29 bits per heavy atom. The molecule has 1 aliphatic heterocycles. The zero-order valence-electron chi connectivity index (χ0n) is 16.2. The highest BCUT2D eigenvalue weighted by Gasteiger charge is 2.24. The number of hydrogen-bond donors (Lipinski definition) is 1. The van der Waals surface area contributed by atoms with E-state index in [0.29, 0.717) is 11.7 Å². The lowest BCUT2D eigenvalue weighted by Crippen LogP contribution is -2.32. The Labute approximate surface area is 170 Å². The Morgan fingerprint density at radius 3 is 2.79 bits per heavy atom. The van der Waals surface area contributed by atoms with Crippen LogP contribution >= 0.6 is 11.3 Å². The van der Waals surface area contributed by atoms with Crippen molar-refractivity contribution in [2.75, 3.05) is 20.2 Å². The van der Waals surface area contributed by atoms with E-state index in [9.17, 15) is 5.11 Å². The number of likely N-dealkylation sites (tertiary alicyclic amines) is 1. The number of thiazole rings is 1. The Morgan fingerprint density at radius 2 is 2.07 bits per heavy atom. The SMILES string of the molecule is C=CCc1cc(CN2CCC(c3nc4ccccc4s3)CC2)c(O)c(OC)c1. The summed E-state index contributed by atoms with van der Waals surface area (Å²) in [5, 5.41) is 11.8. The van der Waals surface area contributed by atoms with E-state index < -0.39 is 0 Å². The van der Waals surface area contributed by atoms with Crippen molar-refractivity contribution in [2.45, 2.75) is 31.7 Å². The molecular formula is C23H26N2O2S. The number of fused-ring (bicyclic) bond motifs is 1. The Bertz CT molecular complexity index is 941. The topological polar surface area (TPSA) is 45.6 Å². The fourth-order valence-electron chi connectivity index (χ4n) is 3.93. The minimum absolute atomic E-state index is 0.253. The first-order valence-corrected chi connectivity index (χ1v) is 10.6. The lowest BCUT2D eigenvalue weighted by atomic mass is 9.96. The minimum atomic E-state index is 0.253. The van der Waals surface area contributed by atoms with Crippen LogP contribution in [0.3, 0.4) is 0 Å². The van der Waals surface area contributed by atoms with E-state index in [4.69, 9.17) is 9.72 Å². The molecule has 0 aliphatic carbocycles. The molecule has 1 N–H and O–H groups in total. The van der Waals surface area contributed by atoms with Gasteiger partial charge >= 0.3 is 0 Å². The average Bonchev–Trinajstić information content (AvgIpc) is 3.15. The highest BCUT2D eigenvalue weighted by Crippen LogP contribution is 2.36. The van der Waals surface area contributed by atoms with E-state index in [1.165, 1.54) is 9.71 Å². The average molecular weight is 395 g/mol. The maximum atomic E-state index is 10.5. The summed E-state index contributed by atoms with van der Waals surface area (Å²) in [5.41, 5.74) is 3.15. The molecule has 2 aromatic carbocycles. The van der Waals surface area contributed by atoms with Gasteiger partial charge in [-0.3, -0.25) is 4.90 Å². The second kappa shape index (κ2) is 8.33. The van der Waals surface area contributed by atoms with E-state index in [-0.39, 0.29) is 5.75 Å². The number of methoxy groups -OCH3 is 1. The Hall–Kier alpha value is -2.37. The number of nitrogens with zero attached hydrogens (tertiary/aromatic N) is 2. The number of phenolic OH excluding ortho intramolecular Hbond substituents is 1. The number of benzene rings is 2. The van der Waals surface area contributed by atoms with Crippen LogP contribution < -0.4 is 4.74 Å². The van der Waals surface area contributed by atoms with Crippen molar-refractivity contribution in [1.82, 2.24) is 9.88 Å². The van der Waals surface area contributed by atoms with Crippen molar-refractivity contribution in [2.24, 2.45) is 0 Å². The van der Waals surface area contributed by atoms with Crippen molar-refractivity contribution in [3.63, 3.8) is 0 Å². The van der Waals surface area contributed by atoms with Gasteiger partial charge in [0.25, 0.3) is 0 Å². The summed E-state index contributed by atoms with van der Waals surface area (Å²) < 4.78 is 6.63. The zero-order valence-corrected chi connectivity index (χ0v) is 17.0. The number of rotatable bonds is 6. The standard InChI is InChI=1S/C23H26N2O2S/c1-3-6-16-13-18(22(26)20(14-16)27-2)15-25-11-9-17(10-12-25)23-24-19-7-4-5-8-21(19)28-23/h3-5,7-8,13-14,17,26H,1,6,9-12,15H2,2H3. The number of hydrogen-bond acceptors (Lipinski definition) is 5. The normalized spacial score (nSPS) is 15.8. The molecule has 5 heteroatoms. The summed E-state index contributed by atoms with van der Waals surface area (Å²) in [6.07, 6.45) is 4.84. The number of para-hydroxylation sites is 1. The van der Waals surface area contributed by atoms with E-state index in [1.807, 2.05) is 23.5 Å². The number of piperidine rings is 1. The molecule has 0 amide bonds. The molecule has 0 bridgehead atoms. The molecule has 0 radical (unpaired) electrons. The molecule has 4 nitrogen and oxygen atoms in total. The minimum Gasteiger partial charge on any atom is -0.504 e. The number of ether oxygens (including phenoxy) is 1. The van der Waals surface area contributed by atoms with Crippen LogP contribution in [0.1, 0.15) is 34.9 Å². The first-order valence-electron chi connectivity index (χ1n) is 9.75. The molecule has 1 aromatic heterocycles. The van der Waals surface area contributed by atoms with Gasteiger partial charge in [-0.1, -0.05) is 24.3 Å². The molecule has 1 saturated heterocycles. The molecule has 1 aliphatic rings. The summed E-state index contributed by atoms with van der Waals surface area (Å²) >= 11 is 1.83. The van der Waals surface area contributed by atoms with Crippen LogP contribution in [0.25, 0.3) is 10.2 Å². The van der Waals surface area contributed by atoms with Gasteiger partial charge < -0.3 is 9.84 Å². The van der Waals surface area contributed by atoms with E-state index >= 15 is 0 Å². The summed E-state index contributed by atoms with van der Waals surface area (Å²) in [6.45, 7) is 6.57. The third kappa shape index (κ3) is 3.91. The predicted molar refractivity (Wildman–Crippen MR) is 115 cm³/mol. The van der Waals surface area contributed by atoms with E-state index in [2.05, 4.69) is 41.8 Å². The van der Waals surface area contributed by atoms with Gasteiger partial charge in [0.05, 0.1) is 22.3 Å².